The molecule has 0 aliphatic rings. The molecule has 0 aliphatic carbocycles. The Morgan fingerprint density at radius 2 is 1.75 bits per heavy atom. The van der Waals surface area contributed by atoms with Gasteiger partial charge in [-0.3, -0.25) is 9.59 Å². The lowest BCUT2D eigenvalue weighted by molar-refractivity contribution is -0.147. The first kappa shape index (κ1) is 21.5. The second-order valence-electron chi connectivity index (χ2n) is 6.13. The topological polar surface area (TPSA) is 102 Å². The second kappa shape index (κ2) is 9.43. The number of sulfonamides is 1. The van der Waals surface area contributed by atoms with Crippen LogP contribution in [0.4, 0.5) is 10.1 Å². The summed E-state index contributed by atoms with van der Waals surface area (Å²) >= 11 is 0. The van der Waals surface area contributed by atoms with E-state index in [1.54, 1.807) is 19.1 Å². The third kappa shape index (κ3) is 6.43. The molecule has 28 heavy (non-hydrogen) atoms. The summed E-state index contributed by atoms with van der Waals surface area (Å²) in [6.45, 7) is 2.71. The Hall–Kier alpha value is -2.78. The van der Waals surface area contributed by atoms with E-state index in [1.165, 1.54) is 24.3 Å². The molecule has 0 fully saturated rings. The van der Waals surface area contributed by atoms with Crippen molar-refractivity contribution in [1.29, 1.82) is 0 Å². The van der Waals surface area contributed by atoms with Gasteiger partial charge in [0.15, 0.2) is 6.61 Å². The van der Waals surface area contributed by atoms with Gasteiger partial charge in [0.2, 0.25) is 10.0 Å². The number of aryl methyl sites for hydroxylation is 2. The third-order valence-corrected chi connectivity index (χ3v) is 5.25. The van der Waals surface area contributed by atoms with Crippen molar-refractivity contribution in [3.8, 4) is 0 Å². The van der Waals surface area contributed by atoms with Gasteiger partial charge in [-0.05, 0) is 43.7 Å². The standard InChI is InChI=1S/C19H21FN2O5S/c1-13-3-7-16(8-4-13)28(25,26)21-10-9-19(24)27-12-18(23)22-15-6-5-14(2)17(20)11-15/h3-8,11,21H,9-10,12H2,1-2H3,(H,22,23). The van der Waals surface area contributed by atoms with Crippen molar-refractivity contribution in [3.63, 3.8) is 0 Å². The Labute approximate surface area is 163 Å². The molecule has 7 nitrogen and oxygen atoms in total. The molecule has 0 radical (unpaired) electrons. The Morgan fingerprint density at radius 3 is 2.39 bits per heavy atom. The number of hydrogen-bond acceptors (Lipinski definition) is 5. The van der Waals surface area contributed by atoms with E-state index in [-0.39, 0.29) is 23.5 Å². The molecule has 0 unspecified atom stereocenters. The van der Waals surface area contributed by atoms with E-state index < -0.39 is 34.3 Å². The van der Waals surface area contributed by atoms with E-state index in [0.29, 0.717) is 5.56 Å². The van der Waals surface area contributed by atoms with Crippen LogP contribution in [-0.2, 0) is 24.3 Å². The lowest BCUT2D eigenvalue weighted by Crippen LogP contribution is -2.28. The fourth-order valence-electron chi connectivity index (χ4n) is 2.17. The quantitative estimate of drug-likeness (QED) is 0.653. The van der Waals surface area contributed by atoms with E-state index in [2.05, 4.69) is 10.0 Å². The van der Waals surface area contributed by atoms with Gasteiger partial charge in [-0.15, -0.1) is 0 Å². The molecule has 0 aliphatic heterocycles. The molecule has 0 heterocycles. The first-order valence-electron chi connectivity index (χ1n) is 8.45. The van der Waals surface area contributed by atoms with Gasteiger partial charge in [-0.25, -0.2) is 17.5 Å². The third-order valence-electron chi connectivity index (χ3n) is 3.77. The fourth-order valence-corrected chi connectivity index (χ4v) is 3.21. The molecule has 9 heteroatoms. The van der Waals surface area contributed by atoms with Crippen molar-refractivity contribution >= 4 is 27.6 Å². The van der Waals surface area contributed by atoms with Crippen LogP contribution in [0, 0.1) is 19.7 Å². The first-order valence-corrected chi connectivity index (χ1v) is 9.93. The van der Waals surface area contributed by atoms with Gasteiger partial charge in [-0.2, -0.15) is 0 Å². The van der Waals surface area contributed by atoms with Crippen LogP contribution in [0.3, 0.4) is 0 Å². The van der Waals surface area contributed by atoms with Gasteiger partial charge in [0.25, 0.3) is 5.91 Å². The van der Waals surface area contributed by atoms with Crippen molar-refractivity contribution in [2.75, 3.05) is 18.5 Å². The minimum atomic E-state index is -3.72. The summed E-state index contributed by atoms with van der Waals surface area (Å²) < 4.78 is 44.7. The Morgan fingerprint density at radius 1 is 1.07 bits per heavy atom. The number of rotatable bonds is 8. The van der Waals surface area contributed by atoms with E-state index in [9.17, 15) is 22.4 Å². The second-order valence-corrected chi connectivity index (χ2v) is 7.90. The molecule has 150 valence electrons. The molecule has 0 atom stereocenters. The Kier molecular flexibility index (Phi) is 7.24. The maximum Gasteiger partial charge on any atom is 0.307 e. The average molecular weight is 408 g/mol. The van der Waals surface area contributed by atoms with E-state index in [1.807, 2.05) is 6.92 Å². The summed E-state index contributed by atoms with van der Waals surface area (Å²) in [5.74, 6) is -1.83. The van der Waals surface area contributed by atoms with Crippen LogP contribution in [0.5, 0.6) is 0 Å². The largest absolute Gasteiger partial charge is 0.456 e. The number of hydrogen-bond donors (Lipinski definition) is 2. The van der Waals surface area contributed by atoms with E-state index in [4.69, 9.17) is 4.74 Å². The number of anilines is 1. The van der Waals surface area contributed by atoms with Crippen LogP contribution in [0.25, 0.3) is 0 Å². The molecule has 0 saturated heterocycles. The SMILES string of the molecule is Cc1ccc(S(=O)(=O)NCCC(=O)OCC(=O)Nc2ccc(C)c(F)c2)cc1. The highest BCUT2D eigenvalue weighted by molar-refractivity contribution is 7.89. The smallest absolute Gasteiger partial charge is 0.307 e. The van der Waals surface area contributed by atoms with Gasteiger partial charge in [-0.1, -0.05) is 23.8 Å². The van der Waals surface area contributed by atoms with Crippen LogP contribution in [0.1, 0.15) is 17.5 Å². The summed E-state index contributed by atoms with van der Waals surface area (Å²) in [7, 11) is -3.72. The lowest BCUT2D eigenvalue weighted by atomic mass is 10.2. The maximum absolute atomic E-state index is 13.4. The summed E-state index contributed by atoms with van der Waals surface area (Å²) in [6.07, 6.45) is -0.239. The maximum atomic E-state index is 13.4. The molecule has 0 spiro atoms. The molecular weight excluding hydrogens is 387 g/mol. The number of halogens is 1. The number of benzene rings is 2. The van der Waals surface area contributed by atoms with Gasteiger partial charge >= 0.3 is 5.97 Å². The zero-order chi connectivity index (χ0) is 20.7. The summed E-state index contributed by atoms with van der Waals surface area (Å²) in [5.41, 5.74) is 1.61. The predicted octanol–water partition coefficient (Wildman–Crippen LogP) is 2.29. The zero-order valence-corrected chi connectivity index (χ0v) is 16.3. The Balaban J connectivity index is 1.74. The minimum absolute atomic E-state index is 0.0937. The van der Waals surface area contributed by atoms with Crippen molar-refractivity contribution in [1.82, 2.24) is 4.72 Å². The number of amides is 1. The van der Waals surface area contributed by atoms with E-state index in [0.717, 1.165) is 11.6 Å². The fraction of sp³-hybridized carbons (Fsp3) is 0.263. The summed E-state index contributed by atoms with van der Waals surface area (Å²) in [5, 5.41) is 2.40. The zero-order valence-electron chi connectivity index (χ0n) is 15.5. The van der Waals surface area contributed by atoms with Crippen molar-refractivity contribution < 1.29 is 27.1 Å². The molecule has 0 bridgehead atoms. The highest BCUT2D eigenvalue weighted by Crippen LogP contribution is 2.13. The predicted molar refractivity (Wildman–Crippen MR) is 102 cm³/mol. The van der Waals surface area contributed by atoms with Crippen LogP contribution < -0.4 is 10.0 Å². The number of carbonyl (C=O) groups is 2. The minimum Gasteiger partial charge on any atom is -0.456 e. The molecule has 0 aromatic heterocycles. The van der Waals surface area contributed by atoms with Crippen LogP contribution in [-0.4, -0.2) is 33.4 Å². The summed E-state index contributed by atoms with van der Waals surface area (Å²) in [6, 6.07) is 10.5. The molecule has 2 aromatic carbocycles. The van der Waals surface area contributed by atoms with Gasteiger partial charge in [0.1, 0.15) is 5.82 Å². The normalized spacial score (nSPS) is 11.1. The van der Waals surface area contributed by atoms with Crippen molar-refractivity contribution in [2.45, 2.75) is 25.2 Å². The number of nitrogens with one attached hydrogen (secondary N) is 2. The highest BCUT2D eigenvalue weighted by atomic mass is 32.2. The number of esters is 1. The van der Waals surface area contributed by atoms with Crippen LogP contribution in [0.15, 0.2) is 47.4 Å². The molecule has 2 aromatic rings. The van der Waals surface area contributed by atoms with Crippen molar-refractivity contribution in [3.05, 3.63) is 59.4 Å². The number of carbonyl (C=O) groups excluding carboxylic acids is 2. The first-order chi connectivity index (χ1) is 13.2. The lowest BCUT2D eigenvalue weighted by Gasteiger charge is -2.08. The van der Waals surface area contributed by atoms with Crippen LogP contribution in [0.2, 0.25) is 0 Å². The monoisotopic (exact) mass is 408 g/mol. The highest BCUT2D eigenvalue weighted by Gasteiger charge is 2.15. The number of ether oxygens (including phenoxy) is 1. The van der Waals surface area contributed by atoms with Crippen molar-refractivity contribution in [2.24, 2.45) is 0 Å². The summed E-state index contributed by atoms with van der Waals surface area (Å²) in [4.78, 5) is 23.5. The van der Waals surface area contributed by atoms with Gasteiger partial charge in [0.05, 0.1) is 11.3 Å². The molecule has 2 N–H and O–H groups in total. The molecule has 2 rings (SSSR count). The average Bonchev–Trinajstić information content (AvgIpc) is 2.63. The molecule has 1 amide bonds. The molecular formula is C19H21FN2O5S. The van der Waals surface area contributed by atoms with E-state index >= 15 is 0 Å². The van der Waals surface area contributed by atoms with Gasteiger partial charge in [0, 0.05) is 12.2 Å². The van der Waals surface area contributed by atoms with Gasteiger partial charge < -0.3 is 10.1 Å². The molecule has 0 saturated carbocycles. The van der Waals surface area contributed by atoms with Crippen LogP contribution >= 0.6 is 0 Å². The Bertz CT molecular complexity index is 959.